The van der Waals surface area contributed by atoms with E-state index in [0.29, 0.717) is 29.5 Å². The summed E-state index contributed by atoms with van der Waals surface area (Å²) in [5.74, 6) is 1.71. The van der Waals surface area contributed by atoms with E-state index in [9.17, 15) is 4.39 Å². The molecule has 4 rings (SSSR count). The van der Waals surface area contributed by atoms with Crippen LogP contribution in [0.1, 0.15) is 16.8 Å². The number of anilines is 3. The minimum Gasteiger partial charge on any atom is -0.370 e. The Hall–Kier alpha value is -3.55. The van der Waals surface area contributed by atoms with Gasteiger partial charge in [-0.1, -0.05) is 6.07 Å². The van der Waals surface area contributed by atoms with Gasteiger partial charge in [0.15, 0.2) is 0 Å². The van der Waals surface area contributed by atoms with Gasteiger partial charge in [-0.25, -0.2) is 19.3 Å². The Morgan fingerprint density at radius 2 is 1.89 bits per heavy atom. The molecule has 28 heavy (non-hydrogen) atoms. The minimum atomic E-state index is -0.224. The lowest BCUT2D eigenvalue weighted by Gasteiger charge is -2.09. The summed E-state index contributed by atoms with van der Waals surface area (Å²) in [4.78, 5) is 19.8. The van der Waals surface area contributed by atoms with E-state index in [-0.39, 0.29) is 5.82 Å². The van der Waals surface area contributed by atoms with Crippen LogP contribution in [0.25, 0.3) is 10.9 Å². The Labute approximate surface area is 161 Å². The van der Waals surface area contributed by atoms with Crippen LogP contribution in [0.15, 0.2) is 43.1 Å². The van der Waals surface area contributed by atoms with E-state index >= 15 is 0 Å². The van der Waals surface area contributed by atoms with Crippen molar-refractivity contribution in [1.29, 1.82) is 0 Å². The van der Waals surface area contributed by atoms with Gasteiger partial charge in [-0.3, -0.25) is 4.98 Å². The third kappa shape index (κ3) is 3.62. The molecule has 0 radical (unpaired) electrons. The van der Waals surface area contributed by atoms with Crippen LogP contribution in [0.4, 0.5) is 21.8 Å². The molecule has 0 aliphatic rings. The zero-order valence-electron chi connectivity index (χ0n) is 15.6. The third-order valence-corrected chi connectivity index (χ3v) is 4.60. The van der Waals surface area contributed by atoms with Crippen molar-refractivity contribution in [1.82, 2.24) is 24.9 Å². The number of rotatable bonds is 6. The van der Waals surface area contributed by atoms with Gasteiger partial charge in [0.05, 0.1) is 11.7 Å². The van der Waals surface area contributed by atoms with Crippen LogP contribution in [0, 0.1) is 19.7 Å². The average Bonchev–Trinajstić information content (AvgIpc) is 3.04. The van der Waals surface area contributed by atoms with Crippen molar-refractivity contribution in [2.24, 2.45) is 0 Å². The van der Waals surface area contributed by atoms with Crippen molar-refractivity contribution in [3.63, 3.8) is 0 Å². The van der Waals surface area contributed by atoms with Crippen molar-refractivity contribution in [2.75, 3.05) is 17.2 Å². The fourth-order valence-electron chi connectivity index (χ4n) is 3.29. The molecule has 0 spiro atoms. The molecule has 3 aromatic heterocycles. The predicted molar refractivity (Wildman–Crippen MR) is 107 cm³/mol. The zero-order valence-corrected chi connectivity index (χ0v) is 15.6. The summed E-state index contributed by atoms with van der Waals surface area (Å²) in [6.45, 7) is 4.63. The number of halogens is 1. The first-order valence-corrected chi connectivity index (χ1v) is 8.97. The highest BCUT2D eigenvalue weighted by Crippen LogP contribution is 2.28. The number of aryl methyl sites for hydroxylation is 2. The molecule has 142 valence electrons. The van der Waals surface area contributed by atoms with Gasteiger partial charge in [-0.15, -0.1) is 0 Å². The number of hydrogen-bond donors (Lipinski definition) is 3. The SMILES string of the molecule is Cc1[nH]c2c(F)ccc(C)c2c1CCNc1cc(Nc2cnccn2)ncn1. The number of fused-ring (bicyclic) bond motifs is 1. The van der Waals surface area contributed by atoms with Crippen LogP contribution in [0.3, 0.4) is 0 Å². The van der Waals surface area contributed by atoms with E-state index in [0.717, 1.165) is 28.6 Å². The summed E-state index contributed by atoms with van der Waals surface area (Å²) in [5.41, 5.74) is 3.74. The molecule has 3 N–H and O–H groups in total. The smallest absolute Gasteiger partial charge is 0.150 e. The minimum absolute atomic E-state index is 0.224. The van der Waals surface area contributed by atoms with E-state index in [1.165, 1.54) is 12.4 Å². The maximum absolute atomic E-state index is 14.1. The molecular weight excluding hydrogens is 357 g/mol. The lowest BCUT2D eigenvalue weighted by Crippen LogP contribution is -2.08. The maximum atomic E-state index is 14.1. The Balaban J connectivity index is 1.46. The highest BCUT2D eigenvalue weighted by atomic mass is 19.1. The van der Waals surface area contributed by atoms with Crippen LogP contribution >= 0.6 is 0 Å². The quantitative estimate of drug-likeness (QED) is 0.472. The first-order chi connectivity index (χ1) is 13.6. The molecule has 0 amide bonds. The van der Waals surface area contributed by atoms with Gasteiger partial charge >= 0.3 is 0 Å². The molecule has 0 saturated carbocycles. The average molecular weight is 377 g/mol. The summed E-state index contributed by atoms with van der Waals surface area (Å²) in [7, 11) is 0. The molecule has 0 atom stereocenters. The summed E-state index contributed by atoms with van der Waals surface area (Å²) in [6.07, 6.45) is 7.07. The highest BCUT2D eigenvalue weighted by molar-refractivity contribution is 5.88. The molecule has 0 aliphatic heterocycles. The highest BCUT2D eigenvalue weighted by Gasteiger charge is 2.13. The summed E-state index contributed by atoms with van der Waals surface area (Å²) in [6, 6.07) is 5.13. The van der Waals surface area contributed by atoms with Gasteiger partial charge in [-0.05, 0) is 37.5 Å². The Morgan fingerprint density at radius 3 is 2.71 bits per heavy atom. The second-order valence-electron chi connectivity index (χ2n) is 6.52. The molecule has 0 bridgehead atoms. The van der Waals surface area contributed by atoms with Gasteiger partial charge in [0.1, 0.15) is 29.6 Å². The largest absolute Gasteiger partial charge is 0.370 e. The maximum Gasteiger partial charge on any atom is 0.150 e. The van der Waals surface area contributed by atoms with Gasteiger partial charge in [-0.2, -0.15) is 0 Å². The van der Waals surface area contributed by atoms with Gasteiger partial charge < -0.3 is 15.6 Å². The summed E-state index contributed by atoms with van der Waals surface area (Å²) >= 11 is 0. The molecule has 0 aliphatic carbocycles. The third-order valence-electron chi connectivity index (χ3n) is 4.60. The van der Waals surface area contributed by atoms with E-state index in [1.54, 1.807) is 18.6 Å². The number of H-pyrrole nitrogens is 1. The number of nitrogens with one attached hydrogen (secondary N) is 3. The zero-order chi connectivity index (χ0) is 19.5. The molecule has 7 nitrogen and oxygen atoms in total. The second-order valence-corrected chi connectivity index (χ2v) is 6.52. The van der Waals surface area contributed by atoms with Gasteiger partial charge in [0.25, 0.3) is 0 Å². The molecule has 0 fully saturated rings. The monoisotopic (exact) mass is 377 g/mol. The van der Waals surface area contributed by atoms with Crippen molar-refractivity contribution < 1.29 is 4.39 Å². The summed E-state index contributed by atoms with van der Waals surface area (Å²) in [5, 5.41) is 7.35. The first-order valence-electron chi connectivity index (χ1n) is 8.97. The molecule has 8 heteroatoms. The summed E-state index contributed by atoms with van der Waals surface area (Å²) < 4.78 is 14.1. The Kier molecular flexibility index (Phi) is 4.84. The van der Waals surface area contributed by atoms with E-state index in [1.807, 2.05) is 26.0 Å². The molecule has 4 aromatic rings. The topological polar surface area (TPSA) is 91.4 Å². The fourth-order valence-corrected chi connectivity index (χ4v) is 3.29. The number of benzene rings is 1. The molecule has 3 heterocycles. The van der Waals surface area contributed by atoms with Gasteiger partial charge in [0, 0.05) is 36.1 Å². The van der Waals surface area contributed by atoms with Gasteiger partial charge in [0.2, 0.25) is 0 Å². The number of aromatic amines is 1. The normalized spacial score (nSPS) is 11.0. The molecular formula is C20H20FN7. The number of nitrogens with zero attached hydrogens (tertiary/aromatic N) is 4. The van der Waals surface area contributed by atoms with Crippen molar-refractivity contribution in [3.8, 4) is 0 Å². The van der Waals surface area contributed by atoms with Crippen LogP contribution in [-0.2, 0) is 6.42 Å². The van der Waals surface area contributed by atoms with Crippen molar-refractivity contribution >= 4 is 28.4 Å². The Bertz CT molecular complexity index is 1110. The first kappa shape index (κ1) is 17.8. The number of hydrogen-bond acceptors (Lipinski definition) is 6. The van der Waals surface area contributed by atoms with Crippen molar-refractivity contribution in [2.45, 2.75) is 20.3 Å². The molecule has 1 aromatic carbocycles. The van der Waals surface area contributed by atoms with Crippen molar-refractivity contribution in [3.05, 3.63) is 65.8 Å². The van der Waals surface area contributed by atoms with Crippen LogP contribution in [0.5, 0.6) is 0 Å². The fraction of sp³-hybridized carbons (Fsp3) is 0.200. The lowest BCUT2D eigenvalue weighted by atomic mass is 10.0. The van der Waals surface area contributed by atoms with E-state index in [4.69, 9.17) is 0 Å². The van der Waals surface area contributed by atoms with Crippen LogP contribution < -0.4 is 10.6 Å². The Morgan fingerprint density at radius 1 is 1.04 bits per heavy atom. The lowest BCUT2D eigenvalue weighted by molar-refractivity contribution is 0.637. The second kappa shape index (κ2) is 7.59. The molecule has 0 saturated heterocycles. The number of aromatic nitrogens is 5. The van der Waals surface area contributed by atoms with Crippen LogP contribution in [-0.4, -0.2) is 31.5 Å². The predicted octanol–water partition coefficient (Wildman–Crippen LogP) is 3.90. The van der Waals surface area contributed by atoms with E-state index < -0.39 is 0 Å². The standard InChI is InChI=1S/C20H20FN7/c1-12-3-4-15(21)20-19(12)14(13(2)27-20)5-6-23-16-9-17(26-11-25-16)28-18-10-22-7-8-24-18/h3-4,7-11,27H,5-6H2,1-2H3,(H2,23,24,25,26,28). The van der Waals surface area contributed by atoms with E-state index in [2.05, 4.69) is 35.6 Å². The van der Waals surface area contributed by atoms with Crippen LogP contribution in [0.2, 0.25) is 0 Å². The molecule has 0 unspecified atom stereocenters.